The van der Waals surface area contributed by atoms with Gasteiger partial charge < -0.3 is 15.0 Å². The van der Waals surface area contributed by atoms with Crippen LogP contribution in [0.25, 0.3) is 0 Å². The number of carbonyl (C=O) groups is 2. The average Bonchev–Trinajstić information content (AvgIpc) is 2.65. The maximum Gasteiger partial charge on any atom is 0.231 e. The van der Waals surface area contributed by atoms with Crippen LogP contribution >= 0.6 is 0 Å². The molecule has 0 spiro atoms. The smallest absolute Gasteiger partial charge is 0.231 e. The Kier molecular flexibility index (Phi) is 4.00. The second-order valence-corrected chi connectivity index (χ2v) is 5.10. The van der Waals surface area contributed by atoms with Crippen molar-refractivity contribution in [2.24, 2.45) is 0 Å². The van der Waals surface area contributed by atoms with E-state index in [2.05, 4.69) is 11.4 Å². The summed E-state index contributed by atoms with van der Waals surface area (Å²) in [7, 11) is 3.70. The van der Waals surface area contributed by atoms with Gasteiger partial charge in [0.2, 0.25) is 5.91 Å². The molecule has 1 aliphatic heterocycles. The van der Waals surface area contributed by atoms with E-state index in [0.29, 0.717) is 12.8 Å². The van der Waals surface area contributed by atoms with Crippen molar-refractivity contribution >= 4 is 17.4 Å². The van der Waals surface area contributed by atoms with E-state index in [4.69, 9.17) is 0 Å². The topological polar surface area (TPSA) is 49.4 Å². The van der Waals surface area contributed by atoms with Gasteiger partial charge in [-0.25, -0.2) is 0 Å². The van der Waals surface area contributed by atoms with Gasteiger partial charge in [-0.15, -0.1) is 0 Å². The summed E-state index contributed by atoms with van der Waals surface area (Å²) in [5.74, 6) is 0.341. The number of hydrogen-bond acceptors (Lipinski definition) is 3. The van der Waals surface area contributed by atoms with Gasteiger partial charge in [-0.3, -0.25) is 4.79 Å². The summed E-state index contributed by atoms with van der Waals surface area (Å²) < 4.78 is 0. The fraction of sp³-hybridized carbons (Fsp3) is 0.467. The molecule has 1 amide bonds. The Hall–Kier alpha value is -1.68. The molecule has 0 saturated heterocycles. The first kappa shape index (κ1) is 13.7. The van der Waals surface area contributed by atoms with Gasteiger partial charge >= 0.3 is 0 Å². The summed E-state index contributed by atoms with van der Waals surface area (Å²) in [6.45, 7) is 1.61. The van der Waals surface area contributed by atoms with E-state index in [1.165, 1.54) is 0 Å². The van der Waals surface area contributed by atoms with Crippen LogP contribution in [0.3, 0.4) is 0 Å². The van der Waals surface area contributed by atoms with Crippen LogP contribution in [0, 0.1) is 0 Å². The number of rotatable bonds is 5. The minimum absolute atomic E-state index is 0.136. The Morgan fingerprint density at radius 2 is 2.21 bits per heavy atom. The number of nitrogens with zero attached hydrogens (tertiary/aromatic N) is 1. The van der Waals surface area contributed by atoms with Crippen LogP contribution in [0.4, 0.5) is 5.69 Å². The fourth-order valence-corrected chi connectivity index (χ4v) is 2.53. The third kappa shape index (κ3) is 2.84. The Labute approximate surface area is 113 Å². The van der Waals surface area contributed by atoms with Crippen LogP contribution in [-0.4, -0.2) is 25.8 Å². The van der Waals surface area contributed by atoms with E-state index >= 15 is 0 Å². The molecule has 0 aliphatic carbocycles. The molecule has 19 heavy (non-hydrogen) atoms. The second-order valence-electron chi connectivity index (χ2n) is 5.10. The highest BCUT2D eigenvalue weighted by molar-refractivity contribution is 6.00. The van der Waals surface area contributed by atoms with Crippen LogP contribution in [0.2, 0.25) is 0 Å². The lowest BCUT2D eigenvalue weighted by Crippen LogP contribution is -2.20. The maximum atomic E-state index is 11.7. The summed E-state index contributed by atoms with van der Waals surface area (Å²) >= 11 is 0. The van der Waals surface area contributed by atoms with Crippen molar-refractivity contribution in [3.8, 4) is 0 Å². The van der Waals surface area contributed by atoms with Crippen molar-refractivity contribution < 1.29 is 9.59 Å². The molecule has 2 rings (SSSR count). The summed E-state index contributed by atoms with van der Waals surface area (Å²) in [6, 6.07) is 6.27. The van der Waals surface area contributed by atoms with Crippen LogP contribution in [-0.2, 0) is 16.0 Å². The highest BCUT2D eigenvalue weighted by Gasteiger charge is 2.24. The zero-order chi connectivity index (χ0) is 14.0. The molecule has 0 bridgehead atoms. The van der Waals surface area contributed by atoms with Crippen molar-refractivity contribution in [3.63, 3.8) is 0 Å². The van der Waals surface area contributed by atoms with E-state index in [9.17, 15) is 9.59 Å². The predicted octanol–water partition coefficient (Wildman–Crippen LogP) is 1.84. The molecule has 0 aromatic heterocycles. The molecule has 4 nitrogen and oxygen atoms in total. The predicted molar refractivity (Wildman–Crippen MR) is 75.3 cm³/mol. The van der Waals surface area contributed by atoms with Crippen molar-refractivity contribution in [2.75, 3.05) is 19.0 Å². The Balaban J connectivity index is 2.19. The van der Waals surface area contributed by atoms with E-state index in [0.717, 1.165) is 23.2 Å². The standard InChI is InChI=1S/C15H20N2O2/c1-10(18)4-6-13(16-2)11-5-7-14-12(8-11)9-15(19)17(14)3/h5,7-8,13,16H,4,6,9H2,1-3H3. The molecule has 1 heterocycles. The molecule has 1 N–H and O–H groups in total. The summed E-state index contributed by atoms with van der Waals surface area (Å²) in [5.41, 5.74) is 3.22. The zero-order valence-corrected chi connectivity index (χ0v) is 11.7. The molecule has 1 aliphatic rings. The molecule has 1 aromatic carbocycles. The third-order valence-electron chi connectivity index (χ3n) is 3.72. The first-order valence-corrected chi connectivity index (χ1v) is 6.59. The molecule has 4 heteroatoms. The lowest BCUT2D eigenvalue weighted by molar-refractivity contribution is -0.117. The normalized spacial score (nSPS) is 15.5. The minimum atomic E-state index is 0.136. The van der Waals surface area contributed by atoms with Crippen LogP contribution in [0.1, 0.15) is 36.9 Å². The summed E-state index contributed by atoms with van der Waals surface area (Å²) in [6.07, 6.45) is 1.83. The van der Waals surface area contributed by atoms with Gasteiger partial charge in [0, 0.05) is 25.2 Å². The van der Waals surface area contributed by atoms with Crippen molar-refractivity contribution in [3.05, 3.63) is 29.3 Å². The first-order valence-electron chi connectivity index (χ1n) is 6.59. The van der Waals surface area contributed by atoms with Crippen LogP contribution in [0.15, 0.2) is 18.2 Å². The second kappa shape index (κ2) is 5.53. The highest BCUT2D eigenvalue weighted by Crippen LogP contribution is 2.31. The number of benzene rings is 1. The number of carbonyl (C=O) groups excluding carboxylic acids is 2. The molecular formula is C15H20N2O2. The minimum Gasteiger partial charge on any atom is -0.315 e. The van der Waals surface area contributed by atoms with Crippen molar-refractivity contribution in [2.45, 2.75) is 32.2 Å². The van der Waals surface area contributed by atoms with E-state index in [1.807, 2.05) is 19.2 Å². The maximum absolute atomic E-state index is 11.7. The van der Waals surface area contributed by atoms with Gasteiger partial charge in [-0.1, -0.05) is 12.1 Å². The number of amides is 1. The SMILES string of the molecule is CNC(CCC(C)=O)c1ccc2c(c1)CC(=O)N2C. The number of anilines is 1. The first-order chi connectivity index (χ1) is 9.02. The number of Topliss-reactive ketones (excluding diaryl/α,β-unsaturated/α-hetero) is 1. The van der Waals surface area contributed by atoms with Crippen molar-refractivity contribution in [1.29, 1.82) is 0 Å². The van der Waals surface area contributed by atoms with Gasteiger partial charge in [-0.2, -0.15) is 0 Å². The van der Waals surface area contributed by atoms with Gasteiger partial charge in [0.1, 0.15) is 5.78 Å². The Morgan fingerprint density at radius 1 is 1.47 bits per heavy atom. The molecule has 0 fully saturated rings. The van der Waals surface area contributed by atoms with Crippen LogP contribution in [0.5, 0.6) is 0 Å². The van der Waals surface area contributed by atoms with Gasteiger partial charge in [-0.05, 0) is 37.6 Å². The fourth-order valence-electron chi connectivity index (χ4n) is 2.53. The number of hydrogen-bond donors (Lipinski definition) is 1. The highest BCUT2D eigenvalue weighted by atomic mass is 16.2. The lowest BCUT2D eigenvalue weighted by Gasteiger charge is -2.17. The van der Waals surface area contributed by atoms with E-state index in [1.54, 1.807) is 18.9 Å². The monoisotopic (exact) mass is 260 g/mol. The van der Waals surface area contributed by atoms with E-state index in [-0.39, 0.29) is 17.7 Å². The Morgan fingerprint density at radius 3 is 2.84 bits per heavy atom. The molecule has 1 aromatic rings. The molecule has 0 radical (unpaired) electrons. The van der Waals surface area contributed by atoms with Crippen LogP contribution < -0.4 is 10.2 Å². The quantitative estimate of drug-likeness (QED) is 0.878. The molecular weight excluding hydrogens is 240 g/mol. The zero-order valence-electron chi connectivity index (χ0n) is 11.7. The number of nitrogens with one attached hydrogen (secondary N) is 1. The summed E-state index contributed by atoms with van der Waals surface area (Å²) in [4.78, 5) is 24.4. The average molecular weight is 260 g/mol. The molecule has 1 unspecified atom stereocenters. The lowest BCUT2D eigenvalue weighted by atomic mass is 9.98. The van der Waals surface area contributed by atoms with Gasteiger partial charge in [0.15, 0.2) is 0 Å². The molecule has 102 valence electrons. The third-order valence-corrected chi connectivity index (χ3v) is 3.72. The molecule has 0 saturated carbocycles. The molecule has 1 atom stereocenters. The number of ketones is 1. The Bertz CT molecular complexity index is 511. The number of likely N-dealkylation sites (N-methyl/N-ethyl adjacent to an activating group) is 1. The van der Waals surface area contributed by atoms with Gasteiger partial charge in [0.05, 0.1) is 6.42 Å². The van der Waals surface area contributed by atoms with Gasteiger partial charge in [0.25, 0.3) is 0 Å². The number of fused-ring (bicyclic) bond motifs is 1. The largest absolute Gasteiger partial charge is 0.315 e. The van der Waals surface area contributed by atoms with E-state index < -0.39 is 0 Å². The van der Waals surface area contributed by atoms with Crippen molar-refractivity contribution in [1.82, 2.24) is 5.32 Å². The summed E-state index contributed by atoms with van der Waals surface area (Å²) in [5, 5.41) is 3.24.